The van der Waals surface area contributed by atoms with Crippen molar-refractivity contribution >= 4 is 12.2 Å². The minimum Gasteiger partial charge on any atom is -0.483 e. The van der Waals surface area contributed by atoms with Gasteiger partial charge in [0.15, 0.2) is 0 Å². The van der Waals surface area contributed by atoms with E-state index in [2.05, 4.69) is 27.5 Å². The fourth-order valence-electron chi connectivity index (χ4n) is 1.98. The first-order valence-electron chi connectivity index (χ1n) is 5.56. The van der Waals surface area contributed by atoms with Crippen LogP contribution < -0.4 is 0 Å². The number of rotatable bonds is 1. The molecule has 0 unspecified atom stereocenters. The first-order valence-corrected chi connectivity index (χ1v) is 5.56. The summed E-state index contributed by atoms with van der Waals surface area (Å²) in [7, 11) is 0. The minimum absolute atomic E-state index is 0.250. The standard InChI is InChI=1S/C11H13N3.CH2O2/c1-7-6-14-8(2)10(9-3-4-9)5-12-11(14)13-7;2-1-3/h5-6,9H,3-4H2,1-2H3;1H,(H,2,3). The van der Waals surface area contributed by atoms with E-state index in [1.165, 1.54) is 24.1 Å². The fraction of sp³-hybridized carbons (Fsp3) is 0.417. The average molecular weight is 233 g/mol. The van der Waals surface area contributed by atoms with Gasteiger partial charge in [-0.3, -0.25) is 9.20 Å². The van der Waals surface area contributed by atoms with Gasteiger partial charge in [-0.25, -0.2) is 9.97 Å². The molecule has 0 amide bonds. The second kappa shape index (κ2) is 4.53. The van der Waals surface area contributed by atoms with E-state index in [-0.39, 0.29) is 6.47 Å². The summed E-state index contributed by atoms with van der Waals surface area (Å²) in [6.07, 6.45) is 6.70. The molecule has 5 nitrogen and oxygen atoms in total. The Hall–Kier alpha value is -1.91. The summed E-state index contributed by atoms with van der Waals surface area (Å²) in [5.41, 5.74) is 3.74. The molecule has 0 atom stereocenters. The number of hydrogen-bond acceptors (Lipinski definition) is 3. The van der Waals surface area contributed by atoms with E-state index in [0.29, 0.717) is 0 Å². The smallest absolute Gasteiger partial charge is 0.290 e. The van der Waals surface area contributed by atoms with Gasteiger partial charge in [0.1, 0.15) is 0 Å². The number of carbonyl (C=O) groups is 1. The van der Waals surface area contributed by atoms with Crippen LogP contribution in [-0.4, -0.2) is 25.9 Å². The molecule has 1 fully saturated rings. The fourth-order valence-corrected chi connectivity index (χ4v) is 1.98. The van der Waals surface area contributed by atoms with Gasteiger partial charge in [0.2, 0.25) is 5.78 Å². The van der Waals surface area contributed by atoms with Crippen LogP contribution in [0.4, 0.5) is 0 Å². The van der Waals surface area contributed by atoms with E-state index in [1.54, 1.807) is 0 Å². The van der Waals surface area contributed by atoms with E-state index >= 15 is 0 Å². The van der Waals surface area contributed by atoms with Crippen LogP contribution in [-0.2, 0) is 4.79 Å². The SMILES string of the molecule is Cc1cn2c(C)c(C3CC3)cnc2n1.O=CO. The lowest BCUT2D eigenvalue weighted by molar-refractivity contribution is -0.122. The summed E-state index contributed by atoms with van der Waals surface area (Å²) in [4.78, 5) is 17.1. The Morgan fingerprint density at radius 1 is 1.47 bits per heavy atom. The zero-order valence-corrected chi connectivity index (χ0v) is 9.92. The number of carboxylic acid groups (broad SMARTS) is 1. The largest absolute Gasteiger partial charge is 0.483 e. The molecule has 2 heterocycles. The first-order chi connectivity index (χ1) is 8.17. The second-order valence-corrected chi connectivity index (χ2v) is 4.23. The molecule has 0 radical (unpaired) electrons. The van der Waals surface area contributed by atoms with Crippen molar-refractivity contribution in [2.75, 3.05) is 0 Å². The van der Waals surface area contributed by atoms with Gasteiger partial charge in [0.25, 0.3) is 6.47 Å². The highest BCUT2D eigenvalue weighted by molar-refractivity contribution is 5.38. The van der Waals surface area contributed by atoms with Gasteiger partial charge >= 0.3 is 0 Å². The third kappa shape index (κ3) is 2.27. The molecule has 0 saturated heterocycles. The quantitative estimate of drug-likeness (QED) is 0.764. The van der Waals surface area contributed by atoms with Crippen LogP contribution in [0.5, 0.6) is 0 Å². The van der Waals surface area contributed by atoms with Crippen LogP contribution in [0, 0.1) is 13.8 Å². The summed E-state index contributed by atoms with van der Waals surface area (Å²) >= 11 is 0. The lowest BCUT2D eigenvalue weighted by atomic mass is 10.1. The Bertz CT molecular complexity index is 544. The maximum absolute atomic E-state index is 8.36. The molecule has 2 aromatic heterocycles. The molecule has 1 aliphatic rings. The molecule has 1 aliphatic carbocycles. The van der Waals surface area contributed by atoms with Crippen LogP contribution in [0.15, 0.2) is 12.4 Å². The lowest BCUT2D eigenvalue weighted by Crippen LogP contribution is -1.98. The average Bonchev–Trinajstić information content (AvgIpc) is 3.03. The maximum Gasteiger partial charge on any atom is 0.290 e. The molecular formula is C12H15N3O2. The molecule has 0 spiro atoms. The Labute approximate surface area is 99.1 Å². The Morgan fingerprint density at radius 2 is 2.12 bits per heavy atom. The van der Waals surface area contributed by atoms with Gasteiger partial charge in [0.05, 0.1) is 5.69 Å². The van der Waals surface area contributed by atoms with E-state index in [4.69, 9.17) is 9.90 Å². The summed E-state index contributed by atoms with van der Waals surface area (Å²) in [6.45, 7) is 3.91. The van der Waals surface area contributed by atoms with E-state index in [1.807, 2.05) is 13.1 Å². The van der Waals surface area contributed by atoms with Crippen molar-refractivity contribution in [1.82, 2.24) is 14.4 Å². The molecule has 0 aliphatic heterocycles. The highest BCUT2D eigenvalue weighted by Gasteiger charge is 2.26. The van der Waals surface area contributed by atoms with Crippen molar-refractivity contribution in [3.05, 3.63) is 29.3 Å². The summed E-state index contributed by atoms with van der Waals surface area (Å²) in [6, 6.07) is 0. The van der Waals surface area contributed by atoms with Crippen molar-refractivity contribution in [3.63, 3.8) is 0 Å². The molecule has 90 valence electrons. The summed E-state index contributed by atoms with van der Waals surface area (Å²) in [5.74, 6) is 1.58. The highest BCUT2D eigenvalue weighted by atomic mass is 16.3. The number of aryl methyl sites for hydroxylation is 2. The predicted molar refractivity (Wildman–Crippen MR) is 63.1 cm³/mol. The lowest BCUT2D eigenvalue weighted by Gasteiger charge is -2.05. The maximum atomic E-state index is 8.36. The van der Waals surface area contributed by atoms with Crippen molar-refractivity contribution in [1.29, 1.82) is 0 Å². The molecular weight excluding hydrogens is 218 g/mol. The zero-order valence-electron chi connectivity index (χ0n) is 9.92. The topological polar surface area (TPSA) is 67.5 Å². The Kier molecular flexibility index (Phi) is 3.08. The third-order valence-electron chi connectivity index (χ3n) is 2.92. The molecule has 1 N–H and O–H groups in total. The van der Waals surface area contributed by atoms with Crippen LogP contribution in [0.25, 0.3) is 5.78 Å². The number of hydrogen-bond donors (Lipinski definition) is 1. The number of imidazole rings is 1. The predicted octanol–water partition coefficient (Wildman–Crippen LogP) is 1.92. The Balaban J connectivity index is 0.000000329. The minimum atomic E-state index is -0.250. The van der Waals surface area contributed by atoms with Gasteiger partial charge in [-0.1, -0.05) is 0 Å². The van der Waals surface area contributed by atoms with Crippen LogP contribution in [0.2, 0.25) is 0 Å². The number of fused-ring (bicyclic) bond motifs is 1. The molecule has 3 rings (SSSR count). The van der Waals surface area contributed by atoms with Crippen molar-refractivity contribution in [2.45, 2.75) is 32.6 Å². The molecule has 2 aromatic rings. The third-order valence-corrected chi connectivity index (χ3v) is 2.92. The van der Waals surface area contributed by atoms with E-state index in [0.717, 1.165) is 17.4 Å². The molecule has 5 heteroatoms. The van der Waals surface area contributed by atoms with Gasteiger partial charge < -0.3 is 5.11 Å². The highest BCUT2D eigenvalue weighted by Crippen LogP contribution is 2.41. The van der Waals surface area contributed by atoms with Crippen LogP contribution in [0.1, 0.15) is 35.7 Å². The Morgan fingerprint density at radius 3 is 2.71 bits per heavy atom. The molecule has 0 bridgehead atoms. The molecule has 0 aromatic carbocycles. The number of nitrogens with zero attached hydrogens (tertiary/aromatic N) is 3. The van der Waals surface area contributed by atoms with Crippen molar-refractivity contribution in [3.8, 4) is 0 Å². The van der Waals surface area contributed by atoms with Gasteiger partial charge in [0, 0.05) is 18.1 Å². The van der Waals surface area contributed by atoms with Gasteiger partial charge in [-0.15, -0.1) is 0 Å². The van der Waals surface area contributed by atoms with Crippen LogP contribution in [0.3, 0.4) is 0 Å². The van der Waals surface area contributed by atoms with E-state index < -0.39 is 0 Å². The van der Waals surface area contributed by atoms with Crippen molar-refractivity contribution in [2.24, 2.45) is 0 Å². The van der Waals surface area contributed by atoms with Crippen molar-refractivity contribution < 1.29 is 9.90 Å². The van der Waals surface area contributed by atoms with Gasteiger partial charge in [-0.2, -0.15) is 0 Å². The first kappa shape index (κ1) is 11.6. The zero-order chi connectivity index (χ0) is 12.4. The molecule has 1 saturated carbocycles. The summed E-state index contributed by atoms with van der Waals surface area (Å²) in [5, 5.41) is 6.89. The second-order valence-electron chi connectivity index (χ2n) is 4.23. The molecule has 17 heavy (non-hydrogen) atoms. The monoisotopic (exact) mass is 233 g/mol. The van der Waals surface area contributed by atoms with Crippen LogP contribution >= 0.6 is 0 Å². The number of aromatic nitrogens is 3. The summed E-state index contributed by atoms with van der Waals surface area (Å²) < 4.78 is 2.10. The van der Waals surface area contributed by atoms with E-state index in [9.17, 15) is 0 Å². The van der Waals surface area contributed by atoms with Gasteiger partial charge in [-0.05, 0) is 38.2 Å². The normalized spacial score (nSPS) is 14.2.